The third-order valence-corrected chi connectivity index (χ3v) is 2.78. The molecule has 0 fully saturated rings. The molecular weight excluding hydrogens is 178 g/mol. The Bertz CT molecular complexity index is 316. The van der Waals surface area contributed by atoms with Crippen molar-refractivity contribution >= 4 is 0 Å². The summed E-state index contributed by atoms with van der Waals surface area (Å²) in [5.41, 5.74) is 2.35. The number of hydrogen-bond donors (Lipinski definition) is 1. The van der Waals surface area contributed by atoms with Crippen molar-refractivity contribution in [2.75, 3.05) is 13.2 Å². The average Bonchev–Trinajstić information content (AvgIpc) is 2.27. The van der Waals surface area contributed by atoms with Gasteiger partial charge in [0.05, 0.1) is 6.61 Å². The Labute approximate surface area is 83.6 Å². The Morgan fingerprint density at radius 2 is 2.50 bits per heavy atom. The Kier molecular flexibility index (Phi) is 2.74. The number of aliphatic hydroxyl groups excluding tert-OH is 1. The molecule has 0 aliphatic carbocycles. The fraction of sp³-hybridized carbons (Fsp3) is 0.600. The summed E-state index contributed by atoms with van der Waals surface area (Å²) in [5.74, 6) is 0. The lowest BCUT2D eigenvalue weighted by atomic mass is 10.1. The zero-order valence-electron chi connectivity index (χ0n) is 8.35. The molecule has 0 radical (unpaired) electrons. The van der Waals surface area contributed by atoms with Crippen LogP contribution in [-0.2, 0) is 13.0 Å². The first-order valence-corrected chi connectivity index (χ1v) is 4.94. The van der Waals surface area contributed by atoms with Crippen molar-refractivity contribution in [2.24, 2.45) is 0 Å². The molecule has 1 aliphatic rings. The summed E-state index contributed by atoms with van der Waals surface area (Å²) in [5, 5.41) is 9.06. The van der Waals surface area contributed by atoms with Crippen molar-refractivity contribution < 1.29 is 5.11 Å². The minimum Gasteiger partial charge on any atom is -0.395 e. The SMILES string of the molecule is CC(CO)N1CCc2ncncc2C1. The summed E-state index contributed by atoms with van der Waals surface area (Å²) in [6, 6.07) is 0.225. The van der Waals surface area contributed by atoms with Gasteiger partial charge in [-0.05, 0) is 6.92 Å². The van der Waals surface area contributed by atoms with Crippen molar-refractivity contribution in [3.63, 3.8) is 0 Å². The van der Waals surface area contributed by atoms with E-state index in [1.807, 2.05) is 13.1 Å². The first kappa shape index (κ1) is 9.55. The van der Waals surface area contributed by atoms with Crippen LogP contribution in [0.25, 0.3) is 0 Å². The van der Waals surface area contributed by atoms with Gasteiger partial charge in [-0.1, -0.05) is 0 Å². The van der Waals surface area contributed by atoms with Gasteiger partial charge in [0.2, 0.25) is 0 Å². The molecule has 1 aromatic heterocycles. The number of aliphatic hydroxyl groups is 1. The summed E-state index contributed by atoms with van der Waals surface area (Å²) in [4.78, 5) is 10.5. The maximum absolute atomic E-state index is 9.06. The summed E-state index contributed by atoms with van der Waals surface area (Å²) in [7, 11) is 0. The van der Waals surface area contributed by atoms with E-state index in [9.17, 15) is 0 Å². The third-order valence-electron chi connectivity index (χ3n) is 2.78. The highest BCUT2D eigenvalue weighted by molar-refractivity contribution is 5.18. The molecule has 0 bridgehead atoms. The first-order chi connectivity index (χ1) is 6.81. The molecule has 0 amide bonds. The van der Waals surface area contributed by atoms with E-state index in [1.54, 1.807) is 6.33 Å². The van der Waals surface area contributed by atoms with Crippen molar-refractivity contribution in [2.45, 2.75) is 25.9 Å². The lowest BCUT2D eigenvalue weighted by molar-refractivity contribution is 0.122. The summed E-state index contributed by atoms with van der Waals surface area (Å²) in [6.45, 7) is 4.08. The van der Waals surface area contributed by atoms with Crippen LogP contribution < -0.4 is 0 Å². The summed E-state index contributed by atoms with van der Waals surface area (Å²) < 4.78 is 0. The van der Waals surface area contributed by atoms with Crippen LogP contribution in [0.1, 0.15) is 18.2 Å². The molecule has 1 atom stereocenters. The first-order valence-electron chi connectivity index (χ1n) is 4.94. The topological polar surface area (TPSA) is 49.2 Å². The van der Waals surface area contributed by atoms with Crippen LogP contribution in [0, 0.1) is 0 Å². The molecule has 4 heteroatoms. The van der Waals surface area contributed by atoms with Crippen LogP contribution in [0.15, 0.2) is 12.5 Å². The second-order valence-electron chi connectivity index (χ2n) is 3.75. The number of hydrogen-bond acceptors (Lipinski definition) is 4. The van der Waals surface area contributed by atoms with Gasteiger partial charge in [0.15, 0.2) is 0 Å². The maximum atomic E-state index is 9.06. The van der Waals surface area contributed by atoms with Gasteiger partial charge in [0.25, 0.3) is 0 Å². The smallest absolute Gasteiger partial charge is 0.115 e. The number of rotatable bonds is 2. The quantitative estimate of drug-likeness (QED) is 0.729. The second kappa shape index (κ2) is 4.02. The van der Waals surface area contributed by atoms with E-state index in [2.05, 4.69) is 14.9 Å². The molecular formula is C10H15N3O. The maximum Gasteiger partial charge on any atom is 0.115 e. The largest absolute Gasteiger partial charge is 0.395 e. The van der Waals surface area contributed by atoms with Gasteiger partial charge in [-0.25, -0.2) is 9.97 Å². The number of aromatic nitrogens is 2. The van der Waals surface area contributed by atoms with E-state index in [0.29, 0.717) is 0 Å². The molecule has 1 aliphatic heterocycles. The molecule has 2 rings (SSSR count). The monoisotopic (exact) mass is 193 g/mol. The highest BCUT2D eigenvalue weighted by Crippen LogP contribution is 2.17. The predicted octanol–water partition coefficient (Wildman–Crippen LogP) is 0.215. The summed E-state index contributed by atoms with van der Waals surface area (Å²) >= 11 is 0. The molecule has 1 unspecified atom stereocenters. The lowest BCUT2D eigenvalue weighted by Gasteiger charge is -2.31. The van der Waals surface area contributed by atoms with E-state index in [0.717, 1.165) is 25.2 Å². The van der Waals surface area contributed by atoms with Crippen LogP contribution in [0.3, 0.4) is 0 Å². The normalized spacial score (nSPS) is 19.0. The van der Waals surface area contributed by atoms with Gasteiger partial charge >= 0.3 is 0 Å². The van der Waals surface area contributed by atoms with E-state index in [4.69, 9.17) is 5.11 Å². The standard InChI is InChI=1S/C10H15N3O/c1-8(6-14)13-3-2-10-9(5-13)4-11-7-12-10/h4,7-8,14H,2-3,5-6H2,1H3. The van der Waals surface area contributed by atoms with Crippen molar-refractivity contribution in [1.82, 2.24) is 14.9 Å². The van der Waals surface area contributed by atoms with Crippen molar-refractivity contribution in [3.8, 4) is 0 Å². The lowest BCUT2D eigenvalue weighted by Crippen LogP contribution is -2.39. The Hall–Kier alpha value is -1.00. The molecule has 76 valence electrons. The van der Waals surface area contributed by atoms with E-state index in [1.165, 1.54) is 5.56 Å². The molecule has 0 spiro atoms. The molecule has 4 nitrogen and oxygen atoms in total. The Morgan fingerprint density at radius 3 is 3.29 bits per heavy atom. The Morgan fingerprint density at radius 1 is 1.64 bits per heavy atom. The van der Waals surface area contributed by atoms with Crippen LogP contribution in [-0.4, -0.2) is 39.2 Å². The molecule has 0 saturated heterocycles. The molecule has 1 N–H and O–H groups in total. The van der Waals surface area contributed by atoms with Gasteiger partial charge in [-0.2, -0.15) is 0 Å². The highest BCUT2D eigenvalue weighted by Gasteiger charge is 2.20. The van der Waals surface area contributed by atoms with Crippen molar-refractivity contribution in [1.29, 1.82) is 0 Å². The predicted molar refractivity (Wildman–Crippen MR) is 52.7 cm³/mol. The number of fused-ring (bicyclic) bond motifs is 1. The third kappa shape index (κ3) is 1.76. The summed E-state index contributed by atoms with van der Waals surface area (Å²) in [6.07, 6.45) is 4.44. The Balaban J connectivity index is 2.13. The highest BCUT2D eigenvalue weighted by atomic mass is 16.3. The van der Waals surface area contributed by atoms with E-state index < -0.39 is 0 Å². The second-order valence-corrected chi connectivity index (χ2v) is 3.75. The van der Waals surface area contributed by atoms with Crippen LogP contribution in [0.2, 0.25) is 0 Å². The number of nitrogens with zero attached hydrogens (tertiary/aromatic N) is 3. The van der Waals surface area contributed by atoms with Gasteiger partial charge in [0.1, 0.15) is 6.33 Å². The molecule has 14 heavy (non-hydrogen) atoms. The zero-order chi connectivity index (χ0) is 9.97. The van der Waals surface area contributed by atoms with Gasteiger partial charge in [-0.15, -0.1) is 0 Å². The van der Waals surface area contributed by atoms with Crippen molar-refractivity contribution in [3.05, 3.63) is 23.8 Å². The minimum atomic E-state index is 0.211. The van der Waals surface area contributed by atoms with Crippen LogP contribution in [0.4, 0.5) is 0 Å². The van der Waals surface area contributed by atoms with E-state index >= 15 is 0 Å². The molecule has 0 aromatic carbocycles. The fourth-order valence-corrected chi connectivity index (χ4v) is 1.78. The van der Waals surface area contributed by atoms with Crippen LogP contribution in [0.5, 0.6) is 0 Å². The molecule has 2 heterocycles. The van der Waals surface area contributed by atoms with E-state index in [-0.39, 0.29) is 12.6 Å². The van der Waals surface area contributed by atoms with Gasteiger partial charge in [-0.3, -0.25) is 4.90 Å². The minimum absolute atomic E-state index is 0.211. The van der Waals surface area contributed by atoms with Crippen LogP contribution >= 0.6 is 0 Å². The fourth-order valence-electron chi connectivity index (χ4n) is 1.78. The molecule has 0 saturated carbocycles. The molecule has 1 aromatic rings. The average molecular weight is 193 g/mol. The van der Waals surface area contributed by atoms with Gasteiger partial charge in [0, 0.05) is 43.0 Å². The van der Waals surface area contributed by atoms with Gasteiger partial charge < -0.3 is 5.11 Å². The zero-order valence-corrected chi connectivity index (χ0v) is 8.35.